The Morgan fingerprint density at radius 2 is 2.11 bits per heavy atom. The number of aromatic nitrogens is 4. The van der Waals surface area contributed by atoms with E-state index in [1.165, 1.54) is 5.56 Å². The summed E-state index contributed by atoms with van der Waals surface area (Å²) in [4.78, 5) is 0. The number of ether oxygens (including phenoxy) is 1. The maximum atomic E-state index is 5.49. The van der Waals surface area contributed by atoms with Crippen molar-refractivity contribution in [1.29, 1.82) is 0 Å². The lowest BCUT2D eigenvalue weighted by Crippen LogP contribution is -2.12. The highest BCUT2D eigenvalue weighted by Gasteiger charge is 2.06. The van der Waals surface area contributed by atoms with Gasteiger partial charge in [0.15, 0.2) is 0 Å². The summed E-state index contributed by atoms with van der Waals surface area (Å²) < 4.78 is 6.83. The van der Waals surface area contributed by atoms with Crippen molar-refractivity contribution in [1.82, 2.24) is 20.2 Å². The van der Waals surface area contributed by atoms with Gasteiger partial charge in [0.1, 0.15) is 5.75 Å². The Kier molecular flexibility index (Phi) is 4.54. The lowest BCUT2D eigenvalue weighted by molar-refractivity contribution is 0.414. The summed E-state index contributed by atoms with van der Waals surface area (Å²) in [7, 11) is 1.66. The van der Waals surface area contributed by atoms with E-state index in [-0.39, 0.29) is 0 Å². The number of tetrazole rings is 1. The number of rotatable bonds is 6. The van der Waals surface area contributed by atoms with Gasteiger partial charge in [0, 0.05) is 12.3 Å². The molecule has 0 amide bonds. The number of nitrogens with two attached hydrogens (primary N) is 1. The number of hydrogen-bond acceptors (Lipinski definition) is 6. The molecule has 0 saturated heterocycles. The molecule has 7 heteroatoms. The molecule has 96 valence electrons. The van der Waals surface area contributed by atoms with E-state index < -0.39 is 0 Å². The molecule has 6 nitrogen and oxygen atoms in total. The highest BCUT2D eigenvalue weighted by molar-refractivity contribution is 7.98. The lowest BCUT2D eigenvalue weighted by atomic mass is 10.2. The van der Waals surface area contributed by atoms with Gasteiger partial charge < -0.3 is 10.5 Å². The topological polar surface area (TPSA) is 78.9 Å². The van der Waals surface area contributed by atoms with E-state index in [4.69, 9.17) is 10.5 Å². The molecule has 0 aliphatic carbocycles. The minimum Gasteiger partial charge on any atom is -0.497 e. The highest BCUT2D eigenvalue weighted by Crippen LogP contribution is 2.21. The number of hydrogen-bond donors (Lipinski definition) is 1. The Hall–Kier alpha value is -1.60. The second-order valence-corrected chi connectivity index (χ2v) is 4.55. The zero-order chi connectivity index (χ0) is 12.8. The van der Waals surface area contributed by atoms with Crippen LogP contribution in [0, 0.1) is 0 Å². The number of methoxy groups -OCH3 is 1. The predicted octanol–water partition coefficient (Wildman–Crippen LogP) is 0.933. The van der Waals surface area contributed by atoms with Gasteiger partial charge in [0.2, 0.25) is 5.16 Å². The van der Waals surface area contributed by atoms with Crippen LogP contribution in [0.25, 0.3) is 0 Å². The van der Waals surface area contributed by atoms with Crippen LogP contribution < -0.4 is 10.5 Å². The second-order valence-electron chi connectivity index (χ2n) is 3.61. The van der Waals surface area contributed by atoms with Crippen molar-refractivity contribution in [2.75, 3.05) is 13.7 Å². The SMILES string of the molecule is COc1ccc(CSc2nnnn2CCN)cc1. The van der Waals surface area contributed by atoms with Gasteiger partial charge in [-0.3, -0.25) is 0 Å². The summed E-state index contributed by atoms with van der Waals surface area (Å²) in [6.07, 6.45) is 0. The first kappa shape index (κ1) is 12.8. The highest BCUT2D eigenvalue weighted by atomic mass is 32.2. The van der Waals surface area contributed by atoms with Crippen molar-refractivity contribution in [2.45, 2.75) is 17.5 Å². The lowest BCUT2D eigenvalue weighted by Gasteiger charge is -2.04. The van der Waals surface area contributed by atoms with Crippen LogP contribution in [0.3, 0.4) is 0 Å². The Morgan fingerprint density at radius 3 is 2.78 bits per heavy atom. The van der Waals surface area contributed by atoms with Gasteiger partial charge in [0.05, 0.1) is 13.7 Å². The van der Waals surface area contributed by atoms with Crippen molar-refractivity contribution in [3.63, 3.8) is 0 Å². The third-order valence-electron chi connectivity index (χ3n) is 2.37. The molecule has 0 unspecified atom stereocenters. The van der Waals surface area contributed by atoms with Crippen LogP contribution in [0.5, 0.6) is 5.75 Å². The molecule has 18 heavy (non-hydrogen) atoms. The van der Waals surface area contributed by atoms with E-state index in [9.17, 15) is 0 Å². The summed E-state index contributed by atoms with van der Waals surface area (Å²) in [6.45, 7) is 1.17. The third-order valence-corrected chi connectivity index (χ3v) is 3.40. The predicted molar refractivity (Wildman–Crippen MR) is 69.4 cm³/mol. The zero-order valence-corrected chi connectivity index (χ0v) is 10.9. The van der Waals surface area contributed by atoms with Crippen LogP contribution in [-0.2, 0) is 12.3 Å². The molecule has 0 bridgehead atoms. The quantitative estimate of drug-likeness (QED) is 0.783. The van der Waals surface area contributed by atoms with Gasteiger partial charge in [-0.2, -0.15) is 0 Å². The first-order chi connectivity index (χ1) is 8.83. The molecule has 0 saturated carbocycles. The van der Waals surface area contributed by atoms with E-state index in [1.54, 1.807) is 23.6 Å². The Balaban J connectivity index is 1.95. The summed E-state index contributed by atoms with van der Waals surface area (Å²) in [5, 5.41) is 12.3. The molecule has 1 aromatic heterocycles. The average molecular weight is 265 g/mol. The molecule has 2 aromatic rings. The molecule has 1 heterocycles. The number of benzene rings is 1. The van der Waals surface area contributed by atoms with E-state index in [1.807, 2.05) is 24.3 Å². The summed E-state index contributed by atoms with van der Waals surface area (Å²) >= 11 is 1.59. The van der Waals surface area contributed by atoms with Crippen molar-refractivity contribution >= 4 is 11.8 Å². The van der Waals surface area contributed by atoms with Crippen molar-refractivity contribution in [3.05, 3.63) is 29.8 Å². The fraction of sp³-hybridized carbons (Fsp3) is 0.364. The molecule has 0 aliphatic rings. The number of nitrogens with zero attached hydrogens (tertiary/aromatic N) is 4. The molecule has 0 fully saturated rings. The Morgan fingerprint density at radius 1 is 1.33 bits per heavy atom. The van der Waals surface area contributed by atoms with Crippen LogP contribution in [0.1, 0.15) is 5.56 Å². The van der Waals surface area contributed by atoms with Gasteiger partial charge >= 0.3 is 0 Å². The van der Waals surface area contributed by atoms with Crippen molar-refractivity contribution in [2.24, 2.45) is 5.73 Å². The normalized spacial score (nSPS) is 10.6. The van der Waals surface area contributed by atoms with Crippen LogP contribution in [-0.4, -0.2) is 33.9 Å². The van der Waals surface area contributed by atoms with Crippen molar-refractivity contribution in [3.8, 4) is 5.75 Å². The summed E-state index contributed by atoms with van der Waals surface area (Å²) in [6, 6.07) is 7.95. The first-order valence-corrected chi connectivity index (χ1v) is 6.54. The average Bonchev–Trinajstić information content (AvgIpc) is 2.85. The monoisotopic (exact) mass is 265 g/mol. The van der Waals surface area contributed by atoms with Gasteiger partial charge in [0.25, 0.3) is 0 Å². The van der Waals surface area contributed by atoms with E-state index >= 15 is 0 Å². The largest absolute Gasteiger partial charge is 0.497 e. The maximum absolute atomic E-state index is 5.49. The fourth-order valence-corrected chi connectivity index (χ4v) is 2.29. The molecule has 0 spiro atoms. The van der Waals surface area contributed by atoms with Crippen LogP contribution >= 0.6 is 11.8 Å². The zero-order valence-electron chi connectivity index (χ0n) is 10.1. The van der Waals surface area contributed by atoms with Gasteiger partial charge in [-0.15, -0.1) is 5.10 Å². The van der Waals surface area contributed by atoms with E-state index in [2.05, 4.69) is 15.5 Å². The standard InChI is InChI=1S/C11H15N5OS/c1-17-10-4-2-9(3-5-10)8-18-11-13-14-15-16(11)7-6-12/h2-5H,6-8,12H2,1H3. The number of thioether (sulfide) groups is 1. The first-order valence-electron chi connectivity index (χ1n) is 5.55. The van der Waals surface area contributed by atoms with E-state index in [0.717, 1.165) is 16.7 Å². The van der Waals surface area contributed by atoms with Gasteiger partial charge in [-0.1, -0.05) is 23.9 Å². The minimum absolute atomic E-state index is 0.529. The molecule has 2 N–H and O–H groups in total. The van der Waals surface area contributed by atoms with Crippen LogP contribution in [0.2, 0.25) is 0 Å². The molecule has 0 radical (unpaired) electrons. The molecular formula is C11H15N5OS. The molecule has 2 rings (SSSR count). The second kappa shape index (κ2) is 6.36. The van der Waals surface area contributed by atoms with E-state index in [0.29, 0.717) is 13.1 Å². The molecule has 0 aliphatic heterocycles. The maximum Gasteiger partial charge on any atom is 0.209 e. The fourth-order valence-electron chi connectivity index (χ4n) is 1.43. The molecule has 1 aromatic carbocycles. The van der Waals surface area contributed by atoms with Crippen LogP contribution in [0.15, 0.2) is 29.4 Å². The molecule has 0 atom stereocenters. The molecular weight excluding hydrogens is 250 g/mol. The summed E-state index contributed by atoms with van der Waals surface area (Å²) in [5.41, 5.74) is 6.69. The Labute approximate surface area is 110 Å². The Bertz CT molecular complexity index is 484. The van der Waals surface area contributed by atoms with Gasteiger partial charge in [-0.05, 0) is 28.1 Å². The third kappa shape index (κ3) is 3.21. The van der Waals surface area contributed by atoms with Crippen molar-refractivity contribution < 1.29 is 4.74 Å². The minimum atomic E-state index is 0.529. The smallest absolute Gasteiger partial charge is 0.209 e. The van der Waals surface area contributed by atoms with Gasteiger partial charge in [-0.25, -0.2) is 4.68 Å². The van der Waals surface area contributed by atoms with Crippen LogP contribution in [0.4, 0.5) is 0 Å². The summed E-state index contributed by atoms with van der Waals surface area (Å²) in [5.74, 6) is 1.67.